The molecule has 1 fully saturated rings. The number of anilines is 1. The van der Waals surface area contributed by atoms with Crippen LogP contribution < -0.4 is 16.2 Å². The van der Waals surface area contributed by atoms with Gasteiger partial charge in [0, 0.05) is 30.1 Å². The molecule has 0 radical (unpaired) electrons. The van der Waals surface area contributed by atoms with E-state index < -0.39 is 0 Å². The average molecular weight is 477 g/mol. The largest absolute Gasteiger partial charge is 0.354 e. The third-order valence-corrected chi connectivity index (χ3v) is 6.67. The number of nitrogens with zero attached hydrogens (tertiary/aromatic N) is 4. The zero-order valence-corrected chi connectivity index (χ0v) is 21.0. The quantitative estimate of drug-likeness (QED) is 0.457. The maximum Gasteiger partial charge on any atom is 0.256 e. The van der Waals surface area contributed by atoms with Gasteiger partial charge in [-0.25, -0.2) is 4.98 Å². The molecule has 0 saturated heterocycles. The minimum atomic E-state index is -0.177. The molecule has 3 aromatic rings. The average Bonchev–Trinajstić information content (AvgIpc) is 2.86. The predicted molar refractivity (Wildman–Crippen MR) is 140 cm³/mol. The van der Waals surface area contributed by atoms with Gasteiger partial charge in [0.05, 0.1) is 11.4 Å². The predicted octanol–water partition coefficient (Wildman–Crippen LogP) is 3.76. The summed E-state index contributed by atoms with van der Waals surface area (Å²) >= 11 is 0. The highest BCUT2D eigenvalue weighted by Crippen LogP contribution is 2.23. The van der Waals surface area contributed by atoms with E-state index in [4.69, 9.17) is 0 Å². The van der Waals surface area contributed by atoms with Crippen LogP contribution in [-0.2, 0) is 0 Å². The molecule has 1 aliphatic carbocycles. The van der Waals surface area contributed by atoms with E-state index >= 15 is 0 Å². The van der Waals surface area contributed by atoms with Crippen LogP contribution in [0.1, 0.15) is 54.6 Å². The number of aromatic nitrogens is 3. The third-order valence-electron chi connectivity index (χ3n) is 6.67. The van der Waals surface area contributed by atoms with E-state index in [0.717, 1.165) is 37.1 Å². The van der Waals surface area contributed by atoms with E-state index in [0.29, 0.717) is 28.8 Å². The van der Waals surface area contributed by atoms with E-state index in [1.807, 2.05) is 21.0 Å². The molecule has 2 heterocycles. The lowest BCUT2D eigenvalue weighted by atomic mass is 9.89. The molecule has 0 unspecified atom stereocenters. The molecule has 1 aliphatic rings. The van der Waals surface area contributed by atoms with Gasteiger partial charge in [0.15, 0.2) is 5.65 Å². The Kier molecular flexibility index (Phi) is 8.13. The van der Waals surface area contributed by atoms with Gasteiger partial charge < -0.3 is 15.5 Å². The number of nitrogens with one attached hydrogen (secondary N) is 2. The van der Waals surface area contributed by atoms with Crippen molar-refractivity contribution >= 4 is 22.9 Å². The van der Waals surface area contributed by atoms with Gasteiger partial charge in [-0.3, -0.25) is 14.2 Å². The lowest BCUT2D eigenvalue weighted by molar-refractivity contribution is 0.0943. The summed E-state index contributed by atoms with van der Waals surface area (Å²) in [5.41, 5.74) is 2.43. The van der Waals surface area contributed by atoms with Crippen LogP contribution in [-0.4, -0.2) is 59.1 Å². The second-order valence-corrected chi connectivity index (χ2v) is 9.72. The normalized spacial score (nSPS) is 14.4. The minimum Gasteiger partial charge on any atom is -0.354 e. The number of hydrogen-bond donors (Lipinski definition) is 2. The fourth-order valence-electron chi connectivity index (χ4n) is 4.68. The first-order chi connectivity index (χ1) is 16.9. The second kappa shape index (κ2) is 11.4. The van der Waals surface area contributed by atoms with Crippen molar-refractivity contribution < 1.29 is 4.79 Å². The second-order valence-electron chi connectivity index (χ2n) is 9.72. The van der Waals surface area contributed by atoms with E-state index in [9.17, 15) is 9.59 Å². The number of hydrogen-bond acceptors (Lipinski definition) is 6. The van der Waals surface area contributed by atoms with E-state index in [1.54, 1.807) is 34.9 Å². The van der Waals surface area contributed by atoms with Gasteiger partial charge in [-0.1, -0.05) is 19.3 Å². The van der Waals surface area contributed by atoms with Gasteiger partial charge in [-0.15, -0.1) is 0 Å². The summed E-state index contributed by atoms with van der Waals surface area (Å²) in [6, 6.07) is 10.5. The molecule has 8 nitrogen and oxygen atoms in total. The number of benzene rings is 1. The molecule has 2 N–H and O–H groups in total. The van der Waals surface area contributed by atoms with E-state index in [-0.39, 0.29) is 11.5 Å². The monoisotopic (exact) mass is 476 g/mol. The van der Waals surface area contributed by atoms with Crippen molar-refractivity contribution in [2.75, 3.05) is 39.0 Å². The topological polar surface area (TPSA) is 92.2 Å². The molecule has 186 valence electrons. The first-order valence-corrected chi connectivity index (χ1v) is 12.6. The summed E-state index contributed by atoms with van der Waals surface area (Å²) in [6.07, 6.45) is 7.15. The van der Waals surface area contributed by atoms with Crippen molar-refractivity contribution in [3.8, 4) is 5.69 Å². The molecule has 4 rings (SSSR count). The molecule has 0 atom stereocenters. The Morgan fingerprint density at radius 3 is 2.51 bits per heavy atom. The summed E-state index contributed by atoms with van der Waals surface area (Å²) in [6.45, 7) is 4.35. The van der Waals surface area contributed by atoms with Crippen molar-refractivity contribution in [2.45, 2.75) is 45.4 Å². The zero-order valence-electron chi connectivity index (χ0n) is 21.0. The van der Waals surface area contributed by atoms with Crippen molar-refractivity contribution in [2.24, 2.45) is 5.92 Å². The fourth-order valence-corrected chi connectivity index (χ4v) is 4.68. The van der Waals surface area contributed by atoms with Crippen LogP contribution in [0.2, 0.25) is 0 Å². The Labute approximate surface area is 206 Å². The molecule has 1 aromatic carbocycles. The van der Waals surface area contributed by atoms with Crippen LogP contribution in [0, 0.1) is 12.8 Å². The fraction of sp³-hybridized carbons (Fsp3) is 0.481. The van der Waals surface area contributed by atoms with Gasteiger partial charge >= 0.3 is 0 Å². The standard InChI is InChI=1S/C27H36N6O2/c1-19-23-14-15-24(34)33(25(23)31-27(30-19)28-16-7-17-32(2)3)22-12-10-21(11-13-22)26(35)29-18-20-8-5-4-6-9-20/h10-15,20H,4-9,16-18H2,1-3H3,(H,29,35)(H,28,30,31). The van der Waals surface area contributed by atoms with Gasteiger partial charge in [0.2, 0.25) is 5.95 Å². The Morgan fingerprint density at radius 2 is 1.80 bits per heavy atom. The van der Waals surface area contributed by atoms with Crippen LogP contribution in [0.4, 0.5) is 5.95 Å². The molecule has 2 aromatic heterocycles. The number of pyridine rings is 1. The highest BCUT2D eigenvalue weighted by molar-refractivity contribution is 5.94. The molecular formula is C27H36N6O2. The van der Waals surface area contributed by atoms with Crippen LogP contribution in [0.5, 0.6) is 0 Å². The summed E-state index contributed by atoms with van der Waals surface area (Å²) in [7, 11) is 4.09. The molecule has 0 spiro atoms. The smallest absolute Gasteiger partial charge is 0.256 e. The highest BCUT2D eigenvalue weighted by atomic mass is 16.1. The Bertz CT molecular complexity index is 1210. The molecule has 0 aliphatic heterocycles. The van der Waals surface area contributed by atoms with Gasteiger partial charge in [-0.2, -0.15) is 4.98 Å². The molecule has 1 amide bonds. The number of carbonyl (C=O) groups excluding carboxylic acids is 1. The van der Waals surface area contributed by atoms with E-state index in [2.05, 4.69) is 25.5 Å². The minimum absolute atomic E-state index is 0.0743. The number of amides is 1. The molecule has 1 saturated carbocycles. The Balaban J connectivity index is 1.54. The first kappa shape index (κ1) is 24.9. The lowest BCUT2D eigenvalue weighted by Gasteiger charge is -2.21. The number of aryl methyl sites for hydroxylation is 1. The van der Waals surface area contributed by atoms with Crippen LogP contribution in [0.25, 0.3) is 16.7 Å². The molecular weight excluding hydrogens is 440 g/mol. The van der Waals surface area contributed by atoms with Gasteiger partial charge in [0.1, 0.15) is 0 Å². The highest BCUT2D eigenvalue weighted by Gasteiger charge is 2.16. The number of carbonyl (C=O) groups is 1. The first-order valence-electron chi connectivity index (χ1n) is 12.6. The van der Waals surface area contributed by atoms with Gasteiger partial charge in [0.25, 0.3) is 11.5 Å². The van der Waals surface area contributed by atoms with Crippen LogP contribution in [0.15, 0.2) is 41.2 Å². The maximum atomic E-state index is 12.9. The number of fused-ring (bicyclic) bond motifs is 1. The van der Waals surface area contributed by atoms with E-state index in [1.165, 1.54) is 38.2 Å². The lowest BCUT2D eigenvalue weighted by Crippen LogP contribution is -2.30. The Hall–Kier alpha value is -3.26. The Morgan fingerprint density at radius 1 is 1.06 bits per heavy atom. The number of rotatable bonds is 9. The van der Waals surface area contributed by atoms with Crippen molar-refractivity contribution in [1.82, 2.24) is 24.8 Å². The molecule has 8 heteroatoms. The summed E-state index contributed by atoms with van der Waals surface area (Å²) < 4.78 is 1.58. The summed E-state index contributed by atoms with van der Waals surface area (Å²) in [5.74, 6) is 1.01. The van der Waals surface area contributed by atoms with Crippen molar-refractivity contribution in [3.05, 3.63) is 58.0 Å². The van der Waals surface area contributed by atoms with Crippen LogP contribution in [0.3, 0.4) is 0 Å². The van der Waals surface area contributed by atoms with Gasteiger partial charge in [-0.05, 0) is 83.1 Å². The molecule has 0 bridgehead atoms. The zero-order chi connectivity index (χ0) is 24.8. The third kappa shape index (κ3) is 6.25. The molecule has 35 heavy (non-hydrogen) atoms. The van der Waals surface area contributed by atoms with Crippen molar-refractivity contribution in [3.63, 3.8) is 0 Å². The summed E-state index contributed by atoms with van der Waals surface area (Å²) in [4.78, 5) is 36.9. The maximum absolute atomic E-state index is 12.9. The van der Waals surface area contributed by atoms with Crippen molar-refractivity contribution in [1.29, 1.82) is 0 Å². The summed E-state index contributed by atoms with van der Waals surface area (Å²) in [5, 5.41) is 7.17. The SMILES string of the molecule is Cc1nc(NCCCN(C)C)nc2c1ccc(=O)n2-c1ccc(C(=O)NCC2CCCCC2)cc1. The van der Waals surface area contributed by atoms with Crippen LogP contribution >= 0.6 is 0 Å².